The van der Waals surface area contributed by atoms with E-state index in [2.05, 4.69) is 20.6 Å². The van der Waals surface area contributed by atoms with Gasteiger partial charge in [0.25, 0.3) is 0 Å². The average Bonchev–Trinajstić information content (AvgIpc) is 2.89. The summed E-state index contributed by atoms with van der Waals surface area (Å²) in [5, 5.41) is 25.8. The summed E-state index contributed by atoms with van der Waals surface area (Å²) < 4.78 is 1.70. The van der Waals surface area contributed by atoms with E-state index in [0.29, 0.717) is 11.6 Å². The normalized spacial score (nSPS) is 22.7. The number of aliphatic hydroxyl groups is 1. The van der Waals surface area contributed by atoms with E-state index in [-0.39, 0.29) is 12.1 Å². The molecule has 0 aliphatic heterocycles. The summed E-state index contributed by atoms with van der Waals surface area (Å²) in [5.41, 5.74) is 0.944. The number of aryl methyl sites for hydroxylation is 1. The van der Waals surface area contributed by atoms with Gasteiger partial charge in [0, 0.05) is 6.20 Å². The number of nitrogens with one attached hydrogen (secondary N) is 1. The molecule has 0 amide bonds. The molecule has 2 N–H and O–H groups in total. The highest BCUT2D eigenvalue weighted by atomic mass is 16.3. The second kappa shape index (κ2) is 5.58. The van der Waals surface area contributed by atoms with Crippen LogP contribution >= 0.6 is 0 Å². The first-order valence-electron chi connectivity index (χ1n) is 7.03. The van der Waals surface area contributed by atoms with Gasteiger partial charge in [0.15, 0.2) is 5.82 Å². The molecule has 0 saturated heterocycles. The van der Waals surface area contributed by atoms with Crippen LogP contribution in [-0.2, 0) is 0 Å². The molecule has 1 fully saturated rings. The number of aliphatic hydroxyl groups excluding tert-OH is 1. The Labute approximate surface area is 117 Å². The Morgan fingerprint density at radius 1 is 1.20 bits per heavy atom. The van der Waals surface area contributed by atoms with Gasteiger partial charge in [-0.2, -0.15) is 5.10 Å². The van der Waals surface area contributed by atoms with E-state index in [1.807, 2.05) is 31.3 Å². The summed E-state index contributed by atoms with van der Waals surface area (Å²) in [6.07, 6.45) is 5.64. The fraction of sp³-hybridized carbons (Fsp3) is 0.500. The SMILES string of the molecule is Cc1ccn(-c2ccc(N[C@H]3CCCC[C@@H]3O)nn2)n1. The van der Waals surface area contributed by atoms with Crippen molar-refractivity contribution < 1.29 is 5.11 Å². The molecule has 0 unspecified atom stereocenters. The molecule has 1 aliphatic carbocycles. The van der Waals surface area contributed by atoms with E-state index in [1.165, 1.54) is 0 Å². The molecule has 1 aliphatic rings. The molecule has 106 valence electrons. The van der Waals surface area contributed by atoms with Crippen molar-refractivity contribution >= 4 is 5.82 Å². The van der Waals surface area contributed by atoms with Crippen LogP contribution in [0.5, 0.6) is 0 Å². The van der Waals surface area contributed by atoms with E-state index < -0.39 is 0 Å². The zero-order valence-electron chi connectivity index (χ0n) is 11.5. The summed E-state index contributed by atoms with van der Waals surface area (Å²) in [6, 6.07) is 5.75. The second-order valence-electron chi connectivity index (χ2n) is 5.28. The van der Waals surface area contributed by atoms with Crippen LogP contribution in [0.3, 0.4) is 0 Å². The van der Waals surface area contributed by atoms with Crippen molar-refractivity contribution in [2.75, 3.05) is 5.32 Å². The lowest BCUT2D eigenvalue weighted by atomic mass is 9.93. The van der Waals surface area contributed by atoms with Crippen LogP contribution in [0.25, 0.3) is 5.82 Å². The zero-order chi connectivity index (χ0) is 13.9. The molecule has 6 nitrogen and oxygen atoms in total. The Kier molecular flexibility index (Phi) is 3.64. The van der Waals surface area contributed by atoms with Gasteiger partial charge in [-0.1, -0.05) is 12.8 Å². The van der Waals surface area contributed by atoms with Gasteiger partial charge in [0.1, 0.15) is 5.82 Å². The van der Waals surface area contributed by atoms with Gasteiger partial charge in [0.2, 0.25) is 0 Å². The highest BCUT2D eigenvalue weighted by molar-refractivity contribution is 5.37. The Bertz CT molecular complexity index is 565. The third-order valence-electron chi connectivity index (χ3n) is 3.67. The van der Waals surface area contributed by atoms with E-state index in [0.717, 1.165) is 31.4 Å². The molecule has 2 atom stereocenters. The molecule has 0 spiro atoms. The van der Waals surface area contributed by atoms with Crippen LogP contribution in [0.2, 0.25) is 0 Å². The summed E-state index contributed by atoms with van der Waals surface area (Å²) >= 11 is 0. The number of nitrogens with zero attached hydrogens (tertiary/aromatic N) is 4. The van der Waals surface area contributed by atoms with Crippen LogP contribution in [0, 0.1) is 6.92 Å². The molecule has 2 aromatic heterocycles. The maximum absolute atomic E-state index is 9.94. The number of rotatable bonds is 3. The summed E-state index contributed by atoms with van der Waals surface area (Å²) in [7, 11) is 0. The minimum absolute atomic E-state index is 0.0795. The third kappa shape index (κ3) is 2.80. The predicted molar refractivity (Wildman–Crippen MR) is 75.8 cm³/mol. The first kappa shape index (κ1) is 13.1. The van der Waals surface area contributed by atoms with Crippen molar-refractivity contribution in [1.29, 1.82) is 0 Å². The molecule has 20 heavy (non-hydrogen) atoms. The highest BCUT2D eigenvalue weighted by Gasteiger charge is 2.23. The monoisotopic (exact) mass is 273 g/mol. The maximum atomic E-state index is 9.94. The Morgan fingerprint density at radius 3 is 2.70 bits per heavy atom. The largest absolute Gasteiger partial charge is 0.391 e. The van der Waals surface area contributed by atoms with E-state index in [4.69, 9.17) is 0 Å². The molecule has 2 aromatic rings. The topological polar surface area (TPSA) is 75.9 Å². The van der Waals surface area contributed by atoms with E-state index in [1.54, 1.807) is 4.68 Å². The third-order valence-corrected chi connectivity index (χ3v) is 3.67. The number of hydrogen-bond donors (Lipinski definition) is 2. The van der Waals surface area contributed by atoms with Gasteiger partial charge in [0.05, 0.1) is 17.8 Å². The quantitative estimate of drug-likeness (QED) is 0.890. The lowest BCUT2D eigenvalue weighted by molar-refractivity contribution is 0.116. The first-order chi connectivity index (χ1) is 9.72. The molecule has 0 radical (unpaired) electrons. The van der Waals surface area contributed by atoms with Crippen molar-refractivity contribution in [3.8, 4) is 5.82 Å². The summed E-state index contributed by atoms with van der Waals surface area (Å²) in [5.74, 6) is 1.39. The predicted octanol–water partition coefficient (Wildman–Crippen LogP) is 1.69. The van der Waals surface area contributed by atoms with Crippen molar-refractivity contribution in [2.24, 2.45) is 0 Å². The Morgan fingerprint density at radius 2 is 2.05 bits per heavy atom. The minimum atomic E-state index is -0.293. The standard InChI is InChI=1S/C14H19N5O/c1-10-8-9-19(18-10)14-7-6-13(16-17-14)15-11-4-2-3-5-12(11)20/h6-9,11-12,20H,2-5H2,1H3,(H,15,16)/t11-,12-/m0/s1. The van der Waals surface area contributed by atoms with Crippen molar-refractivity contribution in [3.05, 3.63) is 30.1 Å². The van der Waals surface area contributed by atoms with Crippen LogP contribution < -0.4 is 5.32 Å². The Balaban J connectivity index is 1.69. The highest BCUT2D eigenvalue weighted by Crippen LogP contribution is 2.21. The van der Waals surface area contributed by atoms with Gasteiger partial charge in [-0.3, -0.25) is 0 Å². The smallest absolute Gasteiger partial charge is 0.175 e. The number of hydrogen-bond acceptors (Lipinski definition) is 5. The molecule has 6 heteroatoms. The van der Waals surface area contributed by atoms with Crippen molar-refractivity contribution in [3.63, 3.8) is 0 Å². The van der Waals surface area contributed by atoms with Crippen LogP contribution in [0.15, 0.2) is 24.4 Å². The second-order valence-corrected chi connectivity index (χ2v) is 5.28. The molecule has 3 rings (SSSR count). The average molecular weight is 273 g/mol. The van der Waals surface area contributed by atoms with Crippen molar-refractivity contribution in [2.45, 2.75) is 44.8 Å². The fourth-order valence-corrected chi connectivity index (χ4v) is 2.54. The van der Waals surface area contributed by atoms with Gasteiger partial charge in [-0.05, 0) is 38.0 Å². The van der Waals surface area contributed by atoms with E-state index in [9.17, 15) is 5.11 Å². The lowest BCUT2D eigenvalue weighted by Gasteiger charge is -2.28. The summed E-state index contributed by atoms with van der Waals surface area (Å²) in [4.78, 5) is 0. The molecule has 0 bridgehead atoms. The van der Waals surface area contributed by atoms with Crippen LogP contribution in [0.4, 0.5) is 5.82 Å². The molecular formula is C14H19N5O. The maximum Gasteiger partial charge on any atom is 0.175 e. The molecule has 1 saturated carbocycles. The molecular weight excluding hydrogens is 254 g/mol. The fourth-order valence-electron chi connectivity index (χ4n) is 2.54. The summed E-state index contributed by atoms with van der Waals surface area (Å²) in [6.45, 7) is 1.93. The van der Waals surface area contributed by atoms with Crippen LogP contribution in [0.1, 0.15) is 31.4 Å². The van der Waals surface area contributed by atoms with Gasteiger partial charge >= 0.3 is 0 Å². The van der Waals surface area contributed by atoms with Gasteiger partial charge in [-0.25, -0.2) is 4.68 Å². The molecule has 0 aromatic carbocycles. The zero-order valence-corrected chi connectivity index (χ0v) is 11.5. The van der Waals surface area contributed by atoms with Crippen molar-refractivity contribution in [1.82, 2.24) is 20.0 Å². The lowest BCUT2D eigenvalue weighted by Crippen LogP contribution is -2.36. The first-order valence-corrected chi connectivity index (χ1v) is 7.03. The minimum Gasteiger partial charge on any atom is -0.391 e. The number of aromatic nitrogens is 4. The number of anilines is 1. The van der Waals surface area contributed by atoms with Gasteiger partial charge in [-0.15, -0.1) is 10.2 Å². The van der Waals surface area contributed by atoms with Gasteiger partial charge < -0.3 is 10.4 Å². The Hall–Kier alpha value is -1.95. The van der Waals surface area contributed by atoms with E-state index >= 15 is 0 Å². The molecule has 2 heterocycles. The van der Waals surface area contributed by atoms with Crippen LogP contribution in [-0.4, -0.2) is 37.2 Å².